The Balaban J connectivity index is 2.02. The molecule has 28 heavy (non-hydrogen) atoms. The minimum absolute atomic E-state index is 0.175. The molecule has 0 bridgehead atoms. The quantitative estimate of drug-likeness (QED) is 0.790. The highest BCUT2D eigenvalue weighted by Crippen LogP contribution is 2.35. The van der Waals surface area contributed by atoms with Crippen LogP contribution in [-0.4, -0.2) is 70.4 Å². The van der Waals surface area contributed by atoms with Crippen LogP contribution >= 0.6 is 0 Å². The van der Waals surface area contributed by atoms with E-state index in [1.165, 1.54) is 11.0 Å². The summed E-state index contributed by atoms with van der Waals surface area (Å²) in [5.74, 6) is -0.721. The molecule has 0 aromatic carbocycles. The number of halogens is 3. The van der Waals surface area contributed by atoms with Gasteiger partial charge in [0.05, 0.1) is 30.5 Å². The first kappa shape index (κ1) is 20.3. The third kappa shape index (κ3) is 4.17. The van der Waals surface area contributed by atoms with Crippen LogP contribution in [0, 0.1) is 0 Å². The molecule has 7 nitrogen and oxygen atoms in total. The van der Waals surface area contributed by atoms with Crippen molar-refractivity contribution in [2.45, 2.75) is 18.3 Å². The topological polar surface area (TPSA) is 63.5 Å². The zero-order valence-electron chi connectivity index (χ0n) is 15.8. The van der Waals surface area contributed by atoms with Crippen LogP contribution in [0.15, 0.2) is 30.7 Å². The fourth-order valence-electron chi connectivity index (χ4n) is 3.42. The van der Waals surface area contributed by atoms with Gasteiger partial charge in [-0.3, -0.25) is 14.5 Å². The number of likely N-dealkylation sites (N-methyl/N-ethyl adjacent to an activating group) is 1. The van der Waals surface area contributed by atoms with E-state index in [0.717, 1.165) is 12.3 Å². The van der Waals surface area contributed by atoms with Crippen molar-refractivity contribution in [2.24, 2.45) is 7.05 Å². The number of hydrogen-bond acceptors (Lipinski definition) is 5. The van der Waals surface area contributed by atoms with E-state index in [-0.39, 0.29) is 13.2 Å². The number of carbonyl (C=O) groups is 1. The summed E-state index contributed by atoms with van der Waals surface area (Å²) in [7, 11) is 5.48. The van der Waals surface area contributed by atoms with Crippen molar-refractivity contribution in [1.82, 2.24) is 24.6 Å². The summed E-state index contributed by atoms with van der Waals surface area (Å²) in [6, 6.07) is 1.94. The van der Waals surface area contributed by atoms with E-state index in [1.807, 2.05) is 19.0 Å². The Morgan fingerprint density at radius 2 is 2.14 bits per heavy atom. The van der Waals surface area contributed by atoms with E-state index in [0.29, 0.717) is 12.1 Å². The lowest BCUT2D eigenvalue weighted by Crippen LogP contribution is -2.51. The number of aryl methyl sites for hydroxylation is 1. The first-order valence-corrected chi connectivity index (χ1v) is 8.76. The highest BCUT2D eigenvalue weighted by atomic mass is 19.4. The standard InChI is InChI=1S/C18H22F3N5O2/c1-24(2)11-14-15(12-9-23-25(3)10-12)26(7-8-28-14)17(27)13-5-4-6-22-16(13)18(19,20)21/h4-6,9-10,14-15H,7-8,11H2,1-3H3/t14-,15-/m0/s1. The van der Waals surface area contributed by atoms with Crippen LogP contribution in [0.3, 0.4) is 0 Å². The van der Waals surface area contributed by atoms with E-state index in [9.17, 15) is 18.0 Å². The van der Waals surface area contributed by atoms with Crippen LogP contribution in [0.1, 0.15) is 27.7 Å². The summed E-state index contributed by atoms with van der Waals surface area (Å²) >= 11 is 0. The maximum absolute atomic E-state index is 13.4. The molecule has 1 saturated heterocycles. The number of pyridine rings is 1. The van der Waals surface area contributed by atoms with E-state index >= 15 is 0 Å². The Morgan fingerprint density at radius 3 is 2.75 bits per heavy atom. The Kier molecular flexibility index (Phi) is 5.71. The molecule has 2 aromatic heterocycles. The van der Waals surface area contributed by atoms with Gasteiger partial charge in [-0.15, -0.1) is 0 Å². The van der Waals surface area contributed by atoms with E-state index < -0.39 is 35.5 Å². The second kappa shape index (κ2) is 7.88. The molecule has 10 heteroatoms. The predicted octanol–water partition coefficient (Wildman–Crippen LogP) is 1.98. The van der Waals surface area contributed by atoms with Crippen molar-refractivity contribution in [1.29, 1.82) is 0 Å². The summed E-state index contributed by atoms with van der Waals surface area (Å²) in [6.45, 7) is 0.916. The van der Waals surface area contributed by atoms with Gasteiger partial charge in [0, 0.05) is 38.1 Å². The molecule has 1 fully saturated rings. The van der Waals surface area contributed by atoms with E-state index in [1.54, 1.807) is 24.1 Å². The van der Waals surface area contributed by atoms with Gasteiger partial charge in [-0.1, -0.05) is 0 Å². The van der Waals surface area contributed by atoms with Crippen LogP contribution in [0.4, 0.5) is 13.2 Å². The molecule has 0 N–H and O–H groups in total. The maximum atomic E-state index is 13.4. The fraction of sp³-hybridized carbons (Fsp3) is 0.500. The van der Waals surface area contributed by atoms with Gasteiger partial charge in [0.25, 0.3) is 5.91 Å². The normalized spacial score (nSPS) is 20.6. The molecule has 0 spiro atoms. The fourth-order valence-corrected chi connectivity index (χ4v) is 3.42. The van der Waals surface area contributed by atoms with Gasteiger partial charge in [-0.2, -0.15) is 18.3 Å². The molecule has 0 saturated carbocycles. The Labute approximate surface area is 160 Å². The monoisotopic (exact) mass is 397 g/mol. The van der Waals surface area contributed by atoms with Gasteiger partial charge in [-0.25, -0.2) is 0 Å². The maximum Gasteiger partial charge on any atom is 0.434 e. The second-order valence-electron chi connectivity index (χ2n) is 6.96. The van der Waals surface area contributed by atoms with Crippen LogP contribution in [-0.2, 0) is 18.0 Å². The molecular formula is C18H22F3N5O2. The largest absolute Gasteiger partial charge is 0.434 e. The third-order valence-corrected chi connectivity index (χ3v) is 4.53. The number of ether oxygens (including phenoxy) is 1. The molecule has 2 aromatic rings. The summed E-state index contributed by atoms with van der Waals surface area (Å²) in [4.78, 5) is 19.9. The van der Waals surface area contributed by atoms with Crippen LogP contribution < -0.4 is 0 Å². The van der Waals surface area contributed by atoms with Gasteiger partial charge >= 0.3 is 6.18 Å². The lowest BCUT2D eigenvalue weighted by Gasteiger charge is -2.42. The zero-order valence-corrected chi connectivity index (χ0v) is 15.8. The highest BCUT2D eigenvalue weighted by Gasteiger charge is 2.42. The van der Waals surface area contributed by atoms with Gasteiger partial charge in [0.2, 0.25) is 0 Å². The molecule has 1 aliphatic heterocycles. The van der Waals surface area contributed by atoms with Crippen molar-refractivity contribution in [3.8, 4) is 0 Å². The summed E-state index contributed by atoms with van der Waals surface area (Å²) in [5.41, 5.74) is -0.935. The lowest BCUT2D eigenvalue weighted by atomic mass is 9.99. The van der Waals surface area contributed by atoms with Crippen molar-refractivity contribution in [3.05, 3.63) is 47.5 Å². The van der Waals surface area contributed by atoms with Crippen LogP contribution in [0.2, 0.25) is 0 Å². The predicted molar refractivity (Wildman–Crippen MR) is 94.5 cm³/mol. The molecule has 0 unspecified atom stereocenters. The molecule has 3 heterocycles. The van der Waals surface area contributed by atoms with Gasteiger partial charge < -0.3 is 14.5 Å². The molecule has 0 radical (unpaired) electrons. The van der Waals surface area contributed by atoms with Crippen LogP contribution in [0.5, 0.6) is 0 Å². The lowest BCUT2D eigenvalue weighted by molar-refractivity contribution is -0.141. The number of carbonyl (C=O) groups excluding carboxylic acids is 1. The molecule has 2 atom stereocenters. The number of rotatable bonds is 4. The van der Waals surface area contributed by atoms with Crippen molar-refractivity contribution >= 4 is 5.91 Å². The first-order valence-electron chi connectivity index (χ1n) is 8.76. The third-order valence-electron chi connectivity index (χ3n) is 4.53. The summed E-state index contributed by atoms with van der Waals surface area (Å²) in [6.07, 6.45) is -0.729. The number of aromatic nitrogens is 3. The number of morpholine rings is 1. The zero-order chi connectivity index (χ0) is 20.5. The molecular weight excluding hydrogens is 375 g/mol. The Bertz CT molecular complexity index is 837. The Morgan fingerprint density at radius 1 is 1.39 bits per heavy atom. The van der Waals surface area contributed by atoms with E-state index in [4.69, 9.17) is 4.74 Å². The van der Waals surface area contributed by atoms with Gasteiger partial charge in [-0.05, 0) is 26.2 Å². The highest BCUT2D eigenvalue weighted by molar-refractivity contribution is 5.95. The SMILES string of the molecule is CN(C)C[C@@H]1OCCN(C(=O)c2cccnc2C(F)(F)F)[C@H]1c1cnn(C)c1. The molecule has 1 amide bonds. The van der Waals surface area contributed by atoms with Crippen LogP contribution in [0.25, 0.3) is 0 Å². The van der Waals surface area contributed by atoms with Crippen molar-refractivity contribution < 1.29 is 22.7 Å². The first-order chi connectivity index (χ1) is 13.2. The molecule has 0 aliphatic carbocycles. The molecule has 1 aliphatic rings. The Hall–Kier alpha value is -2.46. The number of nitrogens with zero attached hydrogens (tertiary/aromatic N) is 5. The number of amides is 1. The molecule has 3 rings (SSSR count). The number of hydrogen-bond donors (Lipinski definition) is 0. The minimum atomic E-state index is -4.72. The van der Waals surface area contributed by atoms with Crippen molar-refractivity contribution in [2.75, 3.05) is 33.8 Å². The number of alkyl halides is 3. The smallest absolute Gasteiger partial charge is 0.373 e. The van der Waals surface area contributed by atoms with E-state index in [2.05, 4.69) is 10.1 Å². The van der Waals surface area contributed by atoms with Gasteiger partial charge in [0.15, 0.2) is 5.69 Å². The summed E-state index contributed by atoms with van der Waals surface area (Å²) in [5, 5.41) is 4.15. The second-order valence-corrected chi connectivity index (χ2v) is 6.96. The average Bonchev–Trinajstić information content (AvgIpc) is 3.05. The molecule has 152 valence electrons. The average molecular weight is 397 g/mol. The van der Waals surface area contributed by atoms with Crippen molar-refractivity contribution in [3.63, 3.8) is 0 Å². The van der Waals surface area contributed by atoms with Gasteiger partial charge in [0.1, 0.15) is 0 Å². The minimum Gasteiger partial charge on any atom is -0.373 e. The summed E-state index contributed by atoms with van der Waals surface area (Å²) < 4.78 is 47.6.